The highest BCUT2D eigenvalue weighted by molar-refractivity contribution is 5.84. The van der Waals surface area contributed by atoms with Gasteiger partial charge in [0.25, 0.3) is 0 Å². The number of carbonyl (C=O) groups is 1. The smallest absolute Gasteiger partial charge is 0.172 e. The Morgan fingerprint density at radius 1 is 0.886 bits per heavy atom. The molecule has 200 valence electrons. The van der Waals surface area contributed by atoms with Crippen molar-refractivity contribution in [2.75, 3.05) is 0 Å². The second-order valence-electron chi connectivity index (χ2n) is 15.2. The van der Waals surface area contributed by atoms with Crippen molar-refractivity contribution in [1.29, 1.82) is 0 Å². The van der Waals surface area contributed by atoms with E-state index in [0.717, 1.165) is 64.2 Å². The average Bonchev–Trinajstić information content (AvgIpc) is 2.92. The zero-order valence-electron chi connectivity index (χ0n) is 23.8. The standard InChI is InChI=1S/C31H52O4/c1-20-13-16-31-23(11-12-25(34-31)27(5,6)35-31)28(20,7)17-18-30(33)21(2)9-10-22-19-26(3,4)24(32)14-15-29(22,30)8/h20-23,25,33H,9-19H2,1-8H3/t20-,21+,22-,23+,25-,28+,29-,30+,31-/m1/s1. The van der Waals surface area contributed by atoms with Crippen molar-refractivity contribution in [2.45, 2.75) is 149 Å². The van der Waals surface area contributed by atoms with E-state index in [0.29, 0.717) is 30.0 Å². The topological polar surface area (TPSA) is 55.8 Å². The Morgan fingerprint density at radius 3 is 2.31 bits per heavy atom. The van der Waals surface area contributed by atoms with Crippen LogP contribution in [0.4, 0.5) is 0 Å². The van der Waals surface area contributed by atoms with Crippen LogP contribution in [-0.2, 0) is 14.3 Å². The van der Waals surface area contributed by atoms with Gasteiger partial charge in [-0.3, -0.25) is 4.79 Å². The van der Waals surface area contributed by atoms with Gasteiger partial charge in [-0.05, 0) is 100 Å². The normalized spacial score (nSPS) is 52.9. The molecule has 5 fully saturated rings. The molecule has 0 unspecified atom stereocenters. The molecule has 0 aromatic carbocycles. The zero-order valence-corrected chi connectivity index (χ0v) is 23.8. The van der Waals surface area contributed by atoms with Crippen LogP contribution in [-0.4, -0.2) is 34.0 Å². The molecule has 4 heteroatoms. The van der Waals surface area contributed by atoms with Crippen LogP contribution in [0.15, 0.2) is 0 Å². The summed E-state index contributed by atoms with van der Waals surface area (Å²) in [5.41, 5.74) is -1.37. The molecule has 9 atom stereocenters. The Hall–Kier alpha value is -0.450. The Kier molecular flexibility index (Phi) is 6.00. The summed E-state index contributed by atoms with van der Waals surface area (Å²) < 4.78 is 13.5. The number of fused-ring (bicyclic) bond motifs is 2. The first-order valence-electron chi connectivity index (χ1n) is 14.7. The van der Waals surface area contributed by atoms with Crippen molar-refractivity contribution in [3.8, 4) is 0 Å². The van der Waals surface area contributed by atoms with Gasteiger partial charge in [-0.25, -0.2) is 0 Å². The second kappa shape index (κ2) is 8.03. The third-order valence-electron chi connectivity index (χ3n) is 12.7. The maximum Gasteiger partial charge on any atom is 0.172 e. The lowest BCUT2D eigenvalue weighted by molar-refractivity contribution is -0.288. The van der Waals surface area contributed by atoms with E-state index in [1.807, 2.05) is 0 Å². The summed E-state index contributed by atoms with van der Waals surface area (Å²) >= 11 is 0. The largest absolute Gasteiger partial charge is 0.389 e. The molecule has 0 aromatic rings. The molecular weight excluding hydrogens is 436 g/mol. The van der Waals surface area contributed by atoms with Gasteiger partial charge in [0, 0.05) is 24.2 Å². The van der Waals surface area contributed by atoms with Gasteiger partial charge < -0.3 is 14.6 Å². The van der Waals surface area contributed by atoms with Crippen molar-refractivity contribution in [3.63, 3.8) is 0 Å². The van der Waals surface area contributed by atoms with Crippen LogP contribution in [0.3, 0.4) is 0 Å². The van der Waals surface area contributed by atoms with Crippen LogP contribution in [0.2, 0.25) is 0 Å². The van der Waals surface area contributed by atoms with Gasteiger partial charge in [-0.15, -0.1) is 0 Å². The van der Waals surface area contributed by atoms with E-state index in [1.54, 1.807) is 0 Å². The summed E-state index contributed by atoms with van der Waals surface area (Å²) in [6, 6.07) is 0. The van der Waals surface area contributed by atoms with Crippen molar-refractivity contribution in [3.05, 3.63) is 0 Å². The lowest BCUT2D eigenvalue weighted by Gasteiger charge is -2.60. The van der Waals surface area contributed by atoms with Gasteiger partial charge in [-0.1, -0.05) is 41.5 Å². The average molecular weight is 489 g/mol. The van der Waals surface area contributed by atoms with Gasteiger partial charge in [0.1, 0.15) is 5.78 Å². The SMILES string of the molecule is C[C@@H]1CC[C@]23O[C@H](CC[C@H]2[C@@]1(C)CC[C@]1(O)[C@@H](C)CC[C@@H]2CC(C)(C)C(=O)CC[C@]21C)C(C)(C)O3. The summed E-state index contributed by atoms with van der Waals surface area (Å²) in [4.78, 5) is 13.0. The van der Waals surface area contributed by atoms with Crippen molar-refractivity contribution in [2.24, 2.45) is 39.9 Å². The first-order chi connectivity index (χ1) is 16.1. The Balaban J connectivity index is 1.43. The summed E-state index contributed by atoms with van der Waals surface area (Å²) in [6.45, 7) is 18.1. The maximum absolute atomic E-state index is 13.0. The highest BCUT2D eigenvalue weighted by Gasteiger charge is 2.66. The van der Waals surface area contributed by atoms with Crippen LogP contribution in [0.5, 0.6) is 0 Å². The van der Waals surface area contributed by atoms with E-state index < -0.39 is 11.4 Å². The van der Waals surface area contributed by atoms with Crippen LogP contribution in [0, 0.1) is 39.9 Å². The number of aliphatic hydroxyl groups is 1. The highest BCUT2D eigenvalue weighted by atomic mass is 16.8. The minimum Gasteiger partial charge on any atom is -0.389 e. The van der Waals surface area contributed by atoms with Crippen molar-refractivity contribution >= 4 is 5.78 Å². The fourth-order valence-corrected chi connectivity index (χ4v) is 9.75. The number of ketones is 1. The Morgan fingerprint density at radius 2 is 1.60 bits per heavy atom. The fourth-order valence-electron chi connectivity index (χ4n) is 9.75. The van der Waals surface area contributed by atoms with E-state index in [-0.39, 0.29) is 33.9 Å². The van der Waals surface area contributed by atoms with Gasteiger partial charge >= 0.3 is 0 Å². The number of carbonyl (C=O) groups excluding carboxylic acids is 1. The Bertz CT molecular complexity index is 864. The molecule has 0 amide bonds. The lowest BCUT2D eigenvalue weighted by Crippen LogP contribution is -2.60. The number of rotatable bonds is 3. The summed E-state index contributed by atoms with van der Waals surface area (Å²) in [5.74, 6) is 1.55. The summed E-state index contributed by atoms with van der Waals surface area (Å²) in [5, 5.41) is 12.6. The van der Waals surface area contributed by atoms with E-state index in [1.165, 1.54) is 0 Å². The fraction of sp³-hybridized carbons (Fsp3) is 0.968. The number of hydrogen-bond donors (Lipinski definition) is 1. The molecule has 5 rings (SSSR count). The molecule has 5 aliphatic rings. The monoisotopic (exact) mass is 488 g/mol. The molecular formula is C31H52O4. The lowest BCUT2D eigenvalue weighted by atomic mass is 9.49. The molecule has 35 heavy (non-hydrogen) atoms. The first kappa shape index (κ1) is 26.2. The molecule has 3 saturated carbocycles. The predicted molar refractivity (Wildman–Crippen MR) is 139 cm³/mol. The van der Waals surface area contributed by atoms with Crippen molar-refractivity contribution in [1.82, 2.24) is 0 Å². The minimum atomic E-state index is -0.738. The van der Waals surface area contributed by atoms with E-state index in [4.69, 9.17) is 9.47 Å². The van der Waals surface area contributed by atoms with E-state index in [2.05, 4.69) is 55.4 Å². The van der Waals surface area contributed by atoms with Gasteiger partial charge in [0.15, 0.2) is 5.79 Å². The van der Waals surface area contributed by atoms with Crippen LogP contribution in [0.1, 0.15) is 126 Å². The summed E-state index contributed by atoms with van der Waals surface area (Å²) in [7, 11) is 0. The van der Waals surface area contributed by atoms with Gasteiger partial charge in [-0.2, -0.15) is 0 Å². The molecule has 2 saturated heterocycles. The van der Waals surface area contributed by atoms with Gasteiger partial charge in [0.2, 0.25) is 0 Å². The molecule has 2 aliphatic heterocycles. The molecule has 1 spiro atoms. The molecule has 3 aliphatic carbocycles. The third-order valence-corrected chi connectivity index (χ3v) is 12.7. The van der Waals surface area contributed by atoms with E-state index >= 15 is 0 Å². The number of Topliss-reactive ketones (excluding diaryl/α,β-unsaturated/α-hetero) is 1. The van der Waals surface area contributed by atoms with Crippen LogP contribution in [0.25, 0.3) is 0 Å². The molecule has 0 radical (unpaired) electrons. The zero-order chi connectivity index (χ0) is 25.7. The Labute approximate surface area is 214 Å². The van der Waals surface area contributed by atoms with Crippen LogP contribution < -0.4 is 0 Å². The van der Waals surface area contributed by atoms with Crippen LogP contribution >= 0.6 is 0 Å². The minimum absolute atomic E-state index is 0.0716. The van der Waals surface area contributed by atoms with E-state index in [9.17, 15) is 9.90 Å². The molecule has 4 nitrogen and oxygen atoms in total. The third kappa shape index (κ3) is 3.66. The maximum atomic E-state index is 13.0. The molecule has 2 bridgehead atoms. The summed E-state index contributed by atoms with van der Waals surface area (Å²) in [6.07, 6.45) is 10.9. The number of ether oxygens (including phenoxy) is 2. The van der Waals surface area contributed by atoms with Gasteiger partial charge in [0.05, 0.1) is 17.3 Å². The molecule has 0 aromatic heterocycles. The first-order valence-corrected chi connectivity index (χ1v) is 14.7. The predicted octanol–water partition coefficient (Wildman–Crippen LogP) is 7.07. The quantitative estimate of drug-likeness (QED) is 0.462. The second-order valence-corrected chi connectivity index (χ2v) is 15.2. The number of hydrogen-bond acceptors (Lipinski definition) is 4. The highest BCUT2D eigenvalue weighted by Crippen LogP contribution is 2.65. The molecule has 2 heterocycles. The molecule has 1 N–H and O–H groups in total. The van der Waals surface area contributed by atoms with Crippen molar-refractivity contribution < 1.29 is 19.4 Å².